The van der Waals surface area contributed by atoms with Crippen LogP contribution in [0.2, 0.25) is 0 Å². The van der Waals surface area contributed by atoms with Crippen molar-refractivity contribution in [2.24, 2.45) is 0 Å². The third-order valence-corrected chi connectivity index (χ3v) is 2.90. The highest BCUT2D eigenvalue weighted by Gasteiger charge is 2.16. The Morgan fingerprint density at radius 1 is 1.20 bits per heavy atom. The quantitative estimate of drug-likeness (QED) is 0.870. The molecule has 2 N–H and O–H groups in total. The number of aliphatic hydroxyl groups is 1. The molecule has 1 aromatic heterocycles. The van der Waals surface area contributed by atoms with E-state index >= 15 is 0 Å². The van der Waals surface area contributed by atoms with E-state index in [1.54, 1.807) is 12.4 Å². The van der Waals surface area contributed by atoms with E-state index in [0.29, 0.717) is 18.5 Å². The standard InChI is InChI=1S/C15H15FN2O2/c16-13-3-1-12(2-4-13)14(19)15(20)18-10-7-11-5-8-17-9-6-11/h1-6,8-9,14,19H,7,10H2,(H,18,20). The Morgan fingerprint density at radius 2 is 1.85 bits per heavy atom. The fourth-order valence-corrected chi connectivity index (χ4v) is 1.77. The largest absolute Gasteiger partial charge is 0.378 e. The smallest absolute Gasteiger partial charge is 0.253 e. The Bertz CT molecular complexity index is 558. The van der Waals surface area contributed by atoms with Crippen LogP contribution in [-0.4, -0.2) is 22.5 Å². The number of aliphatic hydroxyl groups excluding tert-OH is 1. The molecule has 1 heterocycles. The minimum atomic E-state index is -1.28. The Labute approximate surface area is 116 Å². The first-order valence-electron chi connectivity index (χ1n) is 6.27. The zero-order valence-electron chi connectivity index (χ0n) is 10.8. The number of halogens is 1. The third kappa shape index (κ3) is 3.86. The normalized spacial score (nSPS) is 11.9. The van der Waals surface area contributed by atoms with E-state index in [2.05, 4.69) is 10.3 Å². The Balaban J connectivity index is 1.84. The maximum absolute atomic E-state index is 12.8. The summed E-state index contributed by atoms with van der Waals surface area (Å²) in [6, 6.07) is 8.93. The number of hydrogen-bond donors (Lipinski definition) is 2. The van der Waals surface area contributed by atoms with Gasteiger partial charge < -0.3 is 10.4 Å². The predicted octanol–water partition coefficient (Wildman–Crippen LogP) is 1.61. The van der Waals surface area contributed by atoms with Gasteiger partial charge in [-0.2, -0.15) is 0 Å². The van der Waals surface area contributed by atoms with Crippen molar-refractivity contribution in [2.45, 2.75) is 12.5 Å². The highest BCUT2D eigenvalue weighted by molar-refractivity contribution is 5.81. The monoisotopic (exact) mass is 274 g/mol. The van der Waals surface area contributed by atoms with Crippen molar-refractivity contribution in [3.8, 4) is 0 Å². The first-order valence-corrected chi connectivity index (χ1v) is 6.27. The number of aromatic nitrogens is 1. The lowest BCUT2D eigenvalue weighted by molar-refractivity contribution is -0.129. The van der Waals surface area contributed by atoms with Crippen LogP contribution in [-0.2, 0) is 11.2 Å². The first kappa shape index (κ1) is 14.1. The molecule has 0 aliphatic rings. The number of carbonyl (C=O) groups is 1. The number of rotatable bonds is 5. The lowest BCUT2D eigenvalue weighted by Crippen LogP contribution is -2.30. The molecule has 4 nitrogen and oxygen atoms in total. The summed E-state index contributed by atoms with van der Waals surface area (Å²) in [5.74, 6) is -0.898. The van der Waals surface area contributed by atoms with Crippen LogP contribution in [0.1, 0.15) is 17.2 Å². The average Bonchev–Trinajstić information content (AvgIpc) is 2.48. The van der Waals surface area contributed by atoms with E-state index in [1.807, 2.05) is 12.1 Å². The molecule has 104 valence electrons. The second kappa shape index (κ2) is 6.77. The summed E-state index contributed by atoms with van der Waals surface area (Å²) in [5, 5.41) is 12.5. The molecular formula is C15H15FN2O2. The van der Waals surface area contributed by atoms with E-state index in [1.165, 1.54) is 24.3 Å². The van der Waals surface area contributed by atoms with E-state index in [4.69, 9.17) is 0 Å². The molecule has 0 aliphatic carbocycles. The molecule has 1 atom stereocenters. The fraction of sp³-hybridized carbons (Fsp3) is 0.200. The molecule has 20 heavy (non-hydrogen) atoms. The highest BCUT2D eigenvalue weighted by atomic mass is 19.1. The van der Waals surface area contributed by atoms with Gasteiger partial charge in [0.25, 0.3) is 5.91 Å². The number of benzene rings is 1. The van der Waals surface area contributed by atoms with Crippen molar-refractivity contribution in [3.05, 3.63) is 65.7 Å². The molecule has 0 fully saturated rings. The van der Waals surface area contributed by atoms with Crippen molar-refractivity contribution in [1.82, 2.24) is 10.3 Å². The van der Waals surface area contributed by atoms with Crippen LogP contribution in [0.4, 0.5) is 4.39 Å². The van der Waals surface area contributed by atoms with Crippen molar-refractivity contribution < 1.29 is 14.3 Å². The van der Waals surface area contributed by atoms with Gasteiger partial charge in [-0.05, 0) is 41.8 Å². The van der Waals surface area contributed by atoms with Gasteiger partial charge in [-0.25, -0.2) is 4.39 Å². The Hall–Kier alpha value is -2.27. The fourth-order valence-electron chi connectivity index (χ4n) is 1.77. The molecule has 0 bridgehead atoms. The summed E-state index contributed by atoms with van der Waals surface area (Å²) in [4.78, 5) is 15.7. The molecule has 0 saturated heterocycles. The zero-order valence-corrected chi connectivity index (χ0v) is 10.8. The number of hydrogen-bond acceptors (Lipinski definition) is 3. The van der Waals surface area contributed by atoms with Gasteiger partial charge in [0.1, 0.15) is 5.82 Å². The molecule has 5 heteroatoms. The van der Waals surface area contributed by atoms with Crippen LogP contribution >= 0.6 is 0 Å². The predicted molar refractivity (Wildman–Crippen MR) is 72.3 cm³/mol. The van der Waals surface area contributed by atoms with Gasteiger partial charge in [-0.15, -0.1) is 0 Å². The van der Waals surface area contributed by atoms with Crippen LogP contribution in [0.3, 0.4) is 0 Å². The maximum Gasteiger partial charge on any atom is 0.253 e. The van der Waals surface area contributed by atoms with Gasteiger partial charge in [-0.3, -0.25) is 9.78 Å². The molecule has 1 aromatic carbocycles. The maximum atomic E-state index is 12.8. The number of pyridine rings is 1. The molecule has 2 rings (SSSR count). The summed E-state index contributed by atoms with van der Waals surface area (Å²) in [6.45, 7) is 0.418. The van der Waals surface area contributed by atoms with Gasteiger partial charge in [0, 0.05) is 18.9 Å². The Morgan fingerprint density at radius 3 is 2.50 bits per heavy atom. The highest BCUT2D eigenvalue weighted by Crippen LogP contribution is 2.13. The van der Waals surface area contributed by atoms with Crippen LogP contribution < -0.4 is 5.32 Å². The van der Waals surface area contributed by atoms with Crippen molar-refractivity contribution >= 4 is 5.91 Å². The molecule has 0 saturated carbocycles. The minimum Gasteiger partial charge on any atom is -0.378 e. The lowest BCUT2D eigenvalue weighted by Gasteiger charge is -2.11. The van der Waals surface area contributed by atoms with E-state index in [0.717, 1.165) is 5.56 Å². The van der Waals surface area contributed by atoms with Gasteiger partial charge in [-0.1, -0.05) is 12.1 Å². The van der Waals surface area contributed by atoms with Gasteiger partial charge in [0.15, 0.2) is 6.10 Å². The minimum absolute atomic E-state index is 0.368. The van der Waals surface area contributed by atoms with Gasteiger partial charge >= 0.3 is 0 Å². The summed E-state index contributed by atoms with van der Waals surface area (Å²) in [6.07, 6.45) is 2.74. The molecule has 2 aromatic rings. The lowest BCUT2D eigenvalue weighted by atomic mass is 10.1. The van der Waals surface area contributed by atoms with Crippen LogP contribution in [0, 0.1) is 5.82 Å². The number of nitrogens with zero attached hydrogens (tertiary/aromatic N) is 1. The second-order valence-corrected chi connectivity index (χ2v) is 4.35. The number of nitrogens with one attached hydrogen (secondary N) is 1. The van der Waals surface area contributed by atoms with E-state index in [-0.39, 0.29) is 0 Å². The number of carbonyl (C=O) groups excluding carboxylic acids is 1. The molecule has 1 amide bonds. The third-order valence-electron chi connectivity index (χ3n) is 2.90. The molecule has 1 unspecified atom stereocenters. The molecular weight excluding hydrogens is 259 g/mol. The molecule has 0 aliphatic heterocycles. The average molecular weight is 274 g/mol. The molecule has 0 spiro atoms. The second-order valence-electron chi connectivity index (χ2n) is 4.35. The van der Waals surface area contributed by atoms with Crippen LogP contribution in [0.25, 0.3) is 0 Å². The van der Waals surface area contributed by atoms with Crippen molar-refractivity contribution in [2.75, 3.05) is 6.54 Å². The van der Waals surface area contributed by atoms with E-state index < -0.39 is 17.8 Å². The van der Waals surface area contributed by atoms with Crippen LogP contribution in [0.15, 0.2) is 48.8 Å². The summed E-state index contributed by atoms with van der Waals surface area (Å²) in [7, 11) is 0. The van der Waals surface area contributed by atoms with Crippen LogP contribution in [0.5, 0.6) is 0 Å². The topological polar surface area (TPSA) is 62.2 Å². The summed E-state index contributed by atoms with van der Waals surface area (Å²) >= 11 is 0. The first-order chi connectivity index (χ1) is 9.66. The number of amides is 1. The zero-order chi connectivity index (χ0) is 14.4. The van der Waals surface area contributed by atoms with Crippen molar-refractivity contribution in [3.63, 3.8) is 0 Å². The van der Waals surface area contributed by atoms with Gasteiger partial charge in [0.2, 0.25) is 0 Å². The molecule has 0 radical (unpaired) electrons. The van der Waals surface area contributed by atoms with E-state index in [9.17, 15) is 14.3 Å². The van der Waals surface area contributed by atoms with Crippen molar-refractivity contribution in [1.29, 1.82) is 0 Å². The Kier molecular flexibility index (Phi) is 4.79. The van der Waals surface area contributed by atoms with Gasteiger partial charge in [0.05, 0.1) is 0 Å². The SMILES string of the molecule is O=C(NCCc1ccncc1)C(O)c1ccc(F)cc1. The summed E-state index contributed by atoms with van der Waals surface area (Å²) < 4.78 is 12.8. The summed E-state index contributed by atoms with van der Waals surface area (Å²) in [5.41, 5.74) is 1.42.